The Morgan fingerprint density at radius 1 is 0.889 bits per heavy atom. The van der Waals surface area contributed by atoms with Gasteiger partial charge in [0.2, 0.25) is 0 Å². The van der Waals surface area contributed by atoms with Gasteiger partial charge >= 0.3 is 0 Å². The fourth-order valence-electron chi connectivity index (χ4n) is 2.40. The summed E-state index contributed by atoms with van der Waals surface area (Å²) in [6.45, 7) is 0. The highest BCUT2D eigenvalue weighted by molar-refractivity contribution is 6.18. The van der Waals surface area contributed by atoms with Gasteiger partial charge in [-0.1, -0.05) is 24.3 Å². The zero-order chi connectivity index (χ0) is 11.9. The number of aliphatic imine (C=N–C) groups is 1. The summed E-state index contributed by atoms with van der Waals surface area (Å²) < 4.78 is 0. The van der Waals surface area contributed by atoms with E-state index < -0.39 is 0 Å². The number of benzene rings is 2. The second-order valence-electron chi connectivity index (χ2n) is 4.35. The van der Waals surface area contributed by atoms with Crippen LogP contribution in [0.5, 0.6) is 0 Å². The monoisotopic (exact) mass is 233 g/mol. The molecule has 0 saturated carbocycles. The van der Waals surface area contributed by atoms with Crippen molar-refractivity contribution in [3.63, 3.8) is 0 Å². The highest BCUT2D eigenvalue weighted by atomic mass is 15.0. The summed E-state index contributed by atoms with van der Waals surface area (Å²) >= 11 is 0. The summed E-state index contributed by atoms with van der Waals surface area (Å²) in [5, 5.41) is 5.79. The van der Waals surface area contributed by atoms with Gasteiger partial charge in [0.25, 0.3) is 0 Å². The lowest BCUT2D eigenvalue weighted by molar-refractivity contribution is 1.34. The Morgan fingerprint density at radius 3 is 2.61 bits per heavy atom. The van der Waals surface area contributed by atoms with Crippen molar-refractivity contribution in [2.75, 3.05) is 5.32 Å². The molecule has 0 fully saturated rings. The van der Waals surface area contributed by atoms with Gasteiger partial charge in [0.15, 0.2) is 5.84 Å². The number of nitrogens with zero attached hydrogens (tertiary/aromatic N) is 1. The molecule has 0 saturated heterocycles. The quantitative estimate of drug-likeness (QED) is 0.661. The smallest absolute Gasteiger partial charge is 0.154 e. The summed E-state index contributed by atoms with van der Waals surface area (Å²) in [7, 11) is 0. The van der Waals surface area contributed by atoms with Gasteiger partial charge in [-0.15, -0.1) is 0 Å². The van der Waals surface area contributed by atoms with E-state index in [0.29, 0.717) is 0 Å². The van der Waals surface area contributed by atoms with Crippen molar-refractivity contribution in [3.05, 3.63) is 60.4 Å². The maximum absolute atomic E-state index is 4.68. The standard InChI is InChI=1S/C15H11N3/c1-4-10-5-2-7-12-14(10)11(6-1)17-15(18-12)13-8-3-9-16-13/h1-9,16H,(H,17,18). The third kappa shape index (κ3) is 1.27. The van der Waals surface area contributed by atoms with E-state index in [4.69, 9.17) is 0 Å². The molecule has 18 heavy (non-hydrogen) atoms. The van der Waals surface area contributed by atoms with E-state index in [2.05, 4.69) is 45.6 Å². The highest BCUT2D eigenvalue weighted by Crippen LogP contribution is 2.36. The van der Waals surface area contributed by atoms with E-state index >= 15 is 0 Å². The van der Waals surface area contributed by atoms with Crippen molar-refractivity contribution >= 4 is 28.0 Å². The first-order valence-corrected chi connectivity index (χ1v) is 5.93. The molecule has 2 N–H and O–H groups in total. The first kappa shape index (κ1) is 9.48. The average Bonchev–Trinajstić information content (AvgIpc) is 2.93. The Balaban J connectivity index is 2.00. The van der Waals surface area contributed by atoms with Crippen LogP contribution in [0.4, 0.5) is 11.4 Å². The molecule has 2 aromatic carbocycles. The zero-order valence-corrected chi connectivity index (χ0v) is 9.64. The molecule has 4 rings (SSSR count). The second kappa shape index (κ2) is 3.47. The molecule has 0 amide bonds. The molecule has 3 heteroatoms. The van der Waals surface area contributed by atoms with Crippen molar-refractivity contribution in [1.82, 2.24) is 4.98 Å². The molecule has 0 atom stereocenters. The summed E-state index contributed by atoms with van der Waals surface area (Å²) in [5.74, 6) is 0.867. The van der Waals surface area contributed by atoms with Crippen LogP contribution in [0.2, 0.25) is 0 Å². The molecule has 3 aromatic rings. The summed E-state index contributed by atoms with van der Waals surface area (Å²) in [4.78, 5) is 7.86. The van der Waals surface area contributed by atoms with E-state index in [0.717, 1.165) is 22.9 Å². The third-order valence-corrected chi connectivity index (χ3v) is 3.22. The van der Waals surface area contributed by atoms with Crippen molar-refractivity contribution in [2.24, 2.45) is 4.99 Å². The Kier molecular flexibility index (Phi) is 1.83. The Bertz CT molecular complexity index is 749. The summed E-state index contributed by atoms with van der Waals surface area (Å²) in [6.07, 6.45) is 1.90. The molecule has 1 aliphatic rings. The Hall–Kier alpha value is -2.55. The molecule has 0 radical (unpaired) electrons. The predicted molar refractivity (Wildman–Crippen MR) is 74.6 cm³/mol. The minimum absolute atomic E-state index is 0.867. The molecule has 0 aliphatic carbocycles. The van der Waals surface area contributed by atoms with E-state index in [1.54, 1.807) is 0 Å². The number of H-pyrrole nitrogens is 1. The number of nitrogens with one attached hydrogen (secondary N) is 2. The average molecular weight is 233 g/mol. The van der Waals surface area contributed by atoms with E-state index in [1.165, 1.54) is 10.8 Å². The van der Waals surface area contributed by atoms with Gasteiger partial charge < -0.3 is 10.3 Å². The van der Waals surface area contributed by atoms with Crippen LogP contribution < -0.4 is 5.32 Å². The second-order valence-corrected chi connectivity index (χ2v) is 4.35. The number of aromatic nitrogens is 1. The SMILES string of the molecule is c1c[nH]c(C2=Nc3cccc4cccc(c34)N2)c1. The van der Waals surface area contributed by atoms with Crippen LogP contribution >= 0.6 is 0 Å². The number of amidine groups is 1. The first-order valence-electron chi connectivity index (χ1n) is 5.93. The maximum Gasteiger partial charge on any atom is 0.154 e. The van der Waals surface area contributed by atoms with Crippen LogP contribution in [-0.2, 0) is 0 Å². The van der Waals surface area contributed by atoms with Gasteiger partial charge in [-0.2, -0.15) is 0 Å². The van der Waals surface area contributed by atoms with Crippen molar-refractivity contribution in [1.29, 1.82) is 0 Å². The van der Waals surface area contributed by atoms with Gasteiger partial charge in [0, 0.05) is 17.3 Å². The van der Waals surface area contributed by atoms with Crippen molar-refractivity contribution in [2.45, 2.75) is 0 Å². The van der Waals surface area contributed by atoms with Crippen LogP contribution in [0.15, 0.2) is 59.7 Å². The molecule has 0 spiro atoms. The van der Waals surface area contributed by atoms with Crippen molar-refractivity contribution in [3.8, 4) is 0 Å². The number of hydrogen-bond donors (Lipinski definition) is 2. The molecule has 1 aliphatic heterocycles. The van der Waals surface area contributed by atoms with Gasteiger partial charge in [0.1, 0.15) is 0 Å². The van der Waals surface area contributed by atoms with E-state index in [9.17, 15) is 0 Å². The normalized spacial score (nSPS) is 13.2. The minimum atomic E-state index is 0.867. The lowest BCUT2D eigenvalue weighted by atomic mass is 10.1. The Labute approximate surface area is 104 Å². The van der Waals surface area contributed by atoms with Gasteiger partial charge in [-0.25, -0.2) is 4.99 Å². The molecule has 0 unspecified atom stereocenters. The highest BCUT2D eigenvalue weighted by Gasteiger charge is 2.15. The third-order valence-electron chi connectivity index (χ3n) is 3.22. The van der Waals surface area contributed by atoms with Crippen molar-refractivity contribution < 1.29 is 0 Å². The number of anilines is 1. The maximum atomic E-state index is 4.68. The fraction of sp³-hybridized carbons (Fsp3) is 0. The molecule has 0 bridgehead atoms. The number of aromatic amines is 1. The fourth-order valence-corrected chi connectivity index (χ4v) is 2.40. The van der Waals surface area contributed by atoms with Gasteiger partial charge in [-0.3, -0.25) is 0 Å². The minimum Gasteiger partial charge on any atom is -0.359 e. The van der Waals surface area contributed by atoms with Gasteiger partial charge in [0.05, 0.1) is 11.4 Å². The predicted octanol–water partition coefficient (Wildman–Crippen LogP) is 3.67. The van der Waals surface area contributed by atoms with Crippen LogP contribution in [0.1, 0.15) is 5.69 Å². The van der Waals surface area contributed by atoms with Crippen LogP contribution in [0.3, 0.4) is 0 Å². The first-order chi connectivity index (χ1) is 8.92. The lowest BCUT2D eigenvalue weighted by Gasteiger charge is -2.18. The van der Waals surface area contributed by atoms with Crippen LogP contribution in [0, 0.1) is 0 Å². The molecule has 3 nitrogen and oxygen atoms in total. The molecular formula is C15H11N3. The number of rotatable bonds is 1. The summed E-state index contributed by atoms with van der Waals surface area (Å²) in [5.41, 5.74) is 3.13. The largest absolute Gasteiger partial charge is 0.359 e. The molecule has 1 aromatic heterocycles. The van der Waals surface area contributed by atoms with E-state index in [1.807, 2.05) is 24.4 Å². The zero-order valence-electron chi connectivity index (χ0n) is 9.64. The lowest BCUT2D eigenvalue weighted by Crippen LogP contribution is -2.16. The van der Waals surface area contributed by atoms with Crippen LogP contribution in [-0.4, -0.2) is 10.8 Å². The van der Waals surface area contributed by atoms with E-state index in [-0.39, 0.29) is 0 Å². The molecule has 86 valence electrons. The van der Waals surface area contributed by atoms with Crippen LogP contribution in [0.25, 0.3) is 10.8 Å². The topological polar surface area (TPSA) is 40.2 Å². The molecular weight excluding hydrogens is 222 g/mol. The summed E-state index contributed by atoms with van der Waals surface area (Å²) in [6, 6.07) is 16.5. The number of hydrogen-bond acceptors (Lipinski definition) is 2. The Morgan fingerprint density at radius 2 is 1.78 bits per heavy atom. The van der Waals surface area contributed by atoms with Gasteiger partial charge in [-0.05, 0) is 29.7 Å². The molecule has 2 heterocycles.